The van der Waals surface area contributed by atoms with Crippen LogP contribution < -0.4 is 16.6 Å². The van der Waals surface area contributed by atoms with Gasteiger partial charge in [-0.1, -0.05) is 0 Å². The molecule has 0 aliphatic carbocycles. The Labute approximate surface area is 58.9 Å². The zero-order valence-electron chi connectivity index (χ0n) is 5.97. The summed E-state index contributed by atoms with van der Waals surface area (Å²) < 4.78 is 5.11. The SMILES string of the molecule is CC1(C)NNC(C(N)=O)O1. The van der Waals surface area contributed by atoms with Gasteiger partial charge in [0.2, 0.25) is 6.23 Å². The van der Waals surface area contributed by atoms with Crippen LogP contribution in [0.25, 0.3) is 0 Å². The number of hydrogen-bond donors (Lipinski definition) is 3. The van der Waals surface area contributed by atoms with E-state index in [-0.39, 0.29) is 0 Å². The molecule has 58 valence electrons. The third-order valence-electron chi connectivity index (χ3n) is 1.18. The van der Waals surface area contributed by atoms with Crippen LogP contribution in [0.4, 0.5) is 0 Å². The lowest BCUT2D eigenvalue weighted by atomic mass is 10.3. The van der Waals surface area contributed by atoms with Crippen LogP contribution in [-0.4, -0.2) is 17.9 Å². The standard InChI is InChI=1S/C5H11N3O2/c1-5(2)8-7-4(10-5)3(6)9/h4,7-8H,1-2H3,(H2,6,9). The van der Waals surface area contributed by atoms with Crippen molar-refractivity contribution in [3.63, 3.8) is 0 Å². The van der Waals surface area contributed by atoms with Gasteiger partial charge in [-0.2, -0.15) is 0 Å². The Balaban J connectivity index is 2.51. The molecule has 1 saturated heterocycles. The molecule has 0 saturated carbocycles. The molecule has 10 heavy (non-hydrogen) atoms. The summed E-state index contributed by atoms with van der Waals surface area (Å²) in [5.74, 6) is -0.516. The van der Waals surface area contributed by atoms with Gasteiger partial charge in [0.05, 0.1) is 0 Å². The lowest BCUT2D eigenvalue weighted by molar-refractivity contribution is -0.133. The first-order valence-corrected chi connectivity index (χ1v) is 3.01. The Hall–Kier alpha value is -0.650. The molecule has 4 N–H and O–H groups in total. The maximum atomic E-state index is 10.5. The van der Waals surface area contributed by atoms with Gasteiger partial charge in [-0.05, 0) is 13.8 Å². The zero-order valence-corrected chi connectivity index (χ0v) is 5.97. The van der Waals surface area contributed by atoms with Crippen LogP contribution in [-0.2, 0) is 9.53 Å². The van der Waals surface area contributed by atoms with Crippen molar-refractivity contribution in [3.05, 3.63) is 0 Å². The fraction of sp³-hybridized carbons (Fsp3) is 0.800. The summed E-state index contributed by atoms with van der Waals surface area (Å²) in [7, 11) is 0. The van der Waals surface area contributed by atoms with E-state index in [4.69, 9.17) is 10.5 Å². The molecule has 0 aromatic heterocycles. The molecule has 0 radical (unpaired) electrons. The predicted molar refractivity (Wildman–Crippen MR) is 34.4 cm³/mol. The van der Waals surface area contributed by atoms with Gasteiger partial charge in [0.25, 0.3) is 5.91 Å². The molecule has 5 nitrogen and oxygen atoms in total. The first-order valence-electron chi connectivity index (χ1n) is 3.01. The monoisotopic (exact) mass is 145 g/mol. The third kappa shape index (κ3) is 1.44. The Morgan fingerprint density at radius 3 is 2.50 bits per heavy atom. The zero-order chi connectivity index (χ0) is 7.78. The number of primary amides is 1. The summed E-state index contributed by atoms with van der Waals surface area (Å²) in [6.45, 7) is 3.59. The fourth-order valence-electron chi connectivity index (χ4n) is 0.722. The minimum atomic E-state index is -0.713. The highest BCUT2D eigenvalue weighted by molar-refractivity contribution is 5.78. The number of hydrogen-bond acceptors (Lipinski definition) is 4. The summed E-state index contributed by atoms with van der Waals surface area (Å²) in [6, 6.07) is 0. The van der Waals surface area contributed by atoms with E-state index in [9.17, 15) is 4.79 Å². The van der Waals surface area contributed by atoms with E-state index in [1.165, 1.54) is 0 Å². The summed E-state index contributed by atoms with van der Waals surface area (Å²) in [5, 5.41) is 0. The highest BCUT2D eigenvalue weighted by Crippen LogP contribution is 2.10. The van der Waals surface area contributed by atoms with E-state index in [1.807, 2.05) is 0 Å². The Morgan fingerprint density at radius 1 is 1.70 bits per heavy atom. The summed E-state index contributed by atoms with van der Waals surface area (Å²) >= 11 is 0. The first kappa shape index (κ1) is 7.46. The lowest BCUT2D eigenvalue weighted by Gasteiger charge is -2.15. The Morgan fingerprint density at radius 2 is 2.30 bits per heavy atom. The number of rotatable bonds is 1. The van der Waals surface area contributed by atoms with Crippen molar-refractivity contribution in [1.82, 2.24) is 10.9 Å². The smallest absolute Gasteiger partial charge is 0.263 e. The van der Waals surface area contributed by atoms with Gasteiger partial charge >= 0.3 is 0 Å². The van der Waals surface area contributed by atoms with Crippen molar-refractivity contribution in [1.29, 1.82) is 0 Å². The van der Waals surface area contributed by atoms with Crippen LogP contribution in [0.3, 0.4) is 0 Å². The molecular weight excluding hydrogens is 134 g/mol. The molecule has 0 aromatic carbocycles. The Bertz CT molecular complexity index is 157. The second-order valence-electron chi connectivity index (χ2n) is 2.68. The number of carbonyl (C=O) groups is 1. The van der Waals surface area contributed by atoms with E-state index >= 15 is 0 Å². The Kier molecular flexibility index (Phi) is 1.63. The number of nitrogens with two attached hydrogens (primary N) is 1. The summed E-state index contributed by atoms with van der Waals surface area (Å²) in [6.07, 6.45) is -0.713. The van der Waals surface area contributed by atoms with E-state index in [1.54, 1.807) is 13.8 Å². The van der Waals surface area contributed by atoms with E-state index in [0.29, 0.717) is 0 Å². The number of ether oxygens (including phenoxy) is 1. The molecule has 1 unspecified atom stereocenters. The van der Waals surface area contributed by atoms with Crippen molar-refractivity contribution < 1.29 is 9.53 Å². The second kappa shape index (κ2) is 2.19. The maximum absolute atomic E-state index is 10.5. The van der Waals surface area contributed by atoms with E-state index in [2.05, 4.69) is 10.9 Å². The molecule has 1 fully saturated rings. The van der Waals surface area contributed by atoms with Gasteiger partial charge in [0, 0.05) is 0 Å². The molecule has 1 atom stereocenters. The predicted octanol–water partition coefficient (Wildman–Crippen LogP) is -1.34. The van der Waals surface area contributed by atoms with E-state index in [0.717, 1.165) is 0 Å². The summed E-state index contributed by atoms with van der Waals surface area (Å²) in [5.41, 5.74) is 9.79. The molecule has 1 amide bonds. The van der Waals surface area contributed by atoms with Gasteiger partial charge in [0.1, 0.15) is 5.72 Å². The van der Waals surface area contributed by atoms with Crippen LogP contribution in [0.15, 0.2) is 0 Å². The molecule has 1 heterocycles. The van der Waals surface area contributed by atoms with Crippen molar-refractivity contribution in [3.8, 4) is 0 Å². The van der Waals surface area contributed by atoms with Crippen LogP contribution >= 0.6 is 0 Å². The average Bonchev–Trinajstić information content (AvgIpc) is 2.10. The minimum absolute atomic E-state index is 0.514. The van der Waals surface area contributed by atoms with Gasteiger partial charge in [0.15, 0.2) is 0 Å². The van der Waals surface area contributed by atoms with Gasteiger partial charge in [-0.25, -0.2) is 10.9 Å². The van der Waals surface area contributed by atoms with Crippen molar-refractivity contribution in [2.24, 2.45) is 5.73 Å². The molecule has 1 rings (SSSR count). The largest absolute Gasteiger partial charge is 0.366 e. The minimum Gasteiger partial charge on any atom is -0.366 e. The molecule has 1 aliphatic rings. The quantitative estimate of drug-likeness (QED) is 0.427. The number of amides is 1. The number of nitrogens with one attached hydrogen (secondary N) is 2. The van der Waals surface area contributed by atoms with Crippen molar-refractivity contribution >= 4 is 5.91 Å². The molecule has 0 spiro atoms. The van der Waals surface area contributed by atoms with Gasteiger partial charge < -0.3 is 10.5 Å². The van der Waals surface area contributed by atoms with Crippen molar-refractivity contribution in [2.75, 3.05) is 0 Å². The van der Waals surface area contributed by atoms with Crippen LogP contribution in [0.2, 0.25) is 0 Å². The lowest BCUT2D eigenvalue weighted by Crippen LogP contribution is -2.42. The van der Waals surface area contributed by atoms with Gasteiger partial charge in [-0.3, -0.25) is 4.79 Å². The molecular formula is C5H11N3O2. The molecule has 0 aromatic rings. The summed E-state index contributed by atoms with van der Waals surface area (Å²) in [4.78, 5) is 10.5. The third-order valence-corrected chi connectivity index (χ3v) is 1.18. The van der Waals surface area contributed by atoms with Crippen molar-refractivity contribution in [2.45, 2.75) is 25.8 Å². The normalized spacial score (nSPS) is 30.4. The van der Waals surface area contributed by atoms with Crippen LogP contribution in [0.1, 0.15) is 13.8 Å². The fourth-order valence-corrected chi connectivity index (χ4v) is 0.722. The molecule has 5 heteroatoms. The maximum Gasteiger partial charge on any atom is 0.263 e. The molecule has 1 aliphatic heterocycles. The first-order chi connectivity index (χ1) is 4.51. The average molecular weight is 145 g/mol. The number of carbonyl (C=O) groups excluding carboxylic acids is 1. The van der Waals surface area contributed by atoms with Crippen LogP contribution in [0.5, 0.6) is 0 Å². The molecule has 0 bridgehead atoms. The van der Waals surface area contributed by atoms with Crippen LogP contribution in [0, 0.1) is 0 Å². The highest BCUT2D eigenvalue weighted by atomic mass is 16.6. The van der Waals surface area contributed by atoms with Gasteiger partial charge in [-0.15, -0.1) is 0 Å². The topological polar surface area (TPSA) is 76.4 Å². The second-order valence-corrected chi connectivity index (χ2v) is 2.68. The number of hydrazine groups is 1. The van der Waals surface area contributed by atoms with E-state index < -0.39 is 17.9 Å². The highest BCUT2D eigenvalue weighted by Gasteiger charge is 2.33.